The maximum absolute atomic E-state index is 13.0. The lowest BCUT2D eigenvalue weighted by atomic mass is 10.2. The van der Waals surface area contributed by atoms with E-state index in [1.54, 1.807) is 10.6 Å². The summed E-state index contributed by atoms with van der Waals surface area (Å²) in [5.41, 5.74) is 11.8. The largest absolute Gasteiger partial charge is 0.376 e. The van der Waals surface area contributed by atoms with E-state index in [0.717, 1.165) is 19.4 Å². The smallest absolute Gasteiger partial charge is 0.262 e. The van der Waals surface area contributed by atoms with Gasteiger partial charge in [0.1, 0.15) is 5.82 Å². The Balaban J connectivity index is 1.69. The normalized spacial score (nSPS) is 16.8. The van der Waals surface area contributed by atoms with Crippen LogP contribution in [0.15, 0.2) is 34.2 Å². The monoisotopic (exact) mass is 385 g/mol. The molecule has 1 aliphatic heterocycles. The molecule has 1 saturated heterocycles. The maximum Gasteiger partial charge on any atom is 0.262 e. The summed E-state index contributed by atoms with van der Waals surface area (Å²) in [6, 6.07) is 7.32. The second kappa shape index (κ2) is 7.49. The highest BCUT2D eigenvalue weighted by atomic mass is 32.2. The first-order valence-electron chi connectivity index (χ1n) is 8.60. The van der Waals surface area contributed by atoms with E-state index in [1.165, 1.54) is 11.8 Å². The molecule has 1 atom stereocenters. The van der Waals surface area contributed by atoms with E-state index in [2.05, 4.69) is 19.9 Å². The Morgan fingerprint density at radius 3 is 2.67 bits per heavy atom. The Hall–Kier alpha value is -2.72. The van der Waals surface area contributed by atoms with Crippen LogP contribution in [0.3, 0.4) is 0 Å². The topological polar surface area (TPSA) is 135 Å². The number of rotatable bonds is 5. The van der Waals surface area contributed by atoms with Crippen LogP contribution in [0.5, 0.6) is 0 Å². The molecular weight excluding hydrogens is 366 g/mol. The van der Waals surface area contributed by atoms with Crippen LogP contribution >= 0.6 is 11.8 Å². The molecule has 0 unspecified atom stereocenters. The molecule has 10 heteroatoms. The molecule has 27 heavy (non-hydrogen) atoms. The van der Waals surface area contributed by atoms with Gasteiger partial charge >= 0.3 is 0 Å². The van der Waals surface area contributed by atoms with Crippen molar-refractivity contribution in [3.63, 3.8) is 0 Å². The molecule has 9 nitrogen and oxygen atoms in total. The molecule has 3 heterocycles. The van der Waals surface area contributed by atoms with E-state index >= 15 is 0 Å². The van der Waals surface area contributed by atoms with Gasteiger partial charge in [-0.25, -0.2) is 4.98 Å². The number of aromatic nitrogens is 5. The lowest BCUT2D eigenvalue weighted by Gasteiger charge is -2.16. The fraction of sp³-hybridized carbons (Fsp3) is 0.353. The summed E-state index contributed by atoms with van der Waals surface area (Å²) in [6.07, 6.45) is 1.96. The van der Waals surface area contributed by atoms with Crippen LogP contribution in [-0.4, -0.2) is 37.2 Å². The molecule has 140 valence electrons. The Bertz CT molecular complexity index is 1010. The molecule has 4 N–H and O–H groups in total. The molecular formula is C17H19N7O2S. The van der Waals surface area contributed by atoms with E-state index in [0.29, 0.717) is 34.2 Å². The van der Waals surface area contributed by atoms with Crippen LogP contribution in [0.2, 0.25) is 0 Å². The highest BCUT2D eigenvalue weighted by Crippen LogP contribution is 2.23. The Morgan fingerprint density at radius 1 is 1.15 bits per heavy atom. The number of nitrogens with zero attached hydrogens (tertiary/aromatic N) is 5. The third kappa shape index (κ3) is 3.86. The minimum Gasteiger partial charge on any atom is -0.376 e. The molecule has 1 aromatic carbocycles. The van der Waals surface area contributed by atoms with Gasteiger partial charge in [-0.15, -0.1) is 0 Å². The molecule has 4 rings (SSSR count). The average Bonchev–Trinajstić information content (AvgIpc) is 3.15. The molecule has 1 fully saturated rings. The molecule has 0 bridgehead atoms. The van der Waals surface area contributed by atoms with Crippen LogP contribution in [-0.2, 0) is 17.0 Å². The molecule has 0 saturated carbocycles. The lowest BCUT2D eigenvalue weighted by Crippen LogP contribution is -2.28. The van der Waals surface area contributed by atoms with Gasteiger partial charge in [-0.2, -0.15) is 15.0 Å². The van der Waals surface area contributed by atoms with Gasteiger partial charge in [-0.1, -0.05) is 23.9 Å². The third-order valence-electron chi connectivity index (χ3n) is 4.28. The predicted octanol–water partition coefficient (Wildman–Crippen LogP) is 1.22. The van der Waals surface area contributed by atoms with Gasteiger partial charge in [0.15, 0.2) is 5.16 Å². The number of fused-ring (bicyclic) bond motifs is 1. The van der Waals surface area contributed by atoms with E-state index in [1.807, 2.05) is 18.2 Å². The van der Waals surface area contributed by atoms with Gasteiger partial charge in [0.2, 0.25) is 11.9 Å². The van der Waals surface area contributed by atoms with Crippen molar-refractivity contribution in [3.05, 3.63) is 40.4 Å². The summed E-state index contributed by atoms with van der Waals surface area (Å²) in [6.45, 7) is 1.20. The highest BCUT2D eigenvalue weighted by molar-refractivity contribution is 7.98. The zero-order valence-corrected chi connectivity index (χ0v) is 15.4. The Kier molecular flexibility index (Phi) is 4.90. The summed E-state index contributed by atoms with van der Waals surface area (Å²) >= 11 is 1.36. The van der Waals surface area contributed by atoms with Crippen LogP contribution in [0.25, 0.3) is 10.9 Å². The number of nitrogen functional groups attached to an aromatic ring is 2. The van der Waals surface area contributed by atoms with Crippen LogP contribution in [0, 0.1) is 0 Å². The number of hydrogen-bond acceptors (Lipinski definition) is 9. The van der Waals surface area contributed by atoms with E-state index < -0.39 is 0 Å². The summed E-state index contributed by atoms with van der Waals surface area (Å²) in [4.78, 5) is 29.6. The highest BCUT2D eigenvalue weighted by Gasteiger charge is 2.20. The van der Waals surface area contributed by atoms with Crippen molar-refractivity contribution in [3.8, 4) is 0 Å². The molecule has 2 aromatic heterocycles. The standard InChI is InChI=1S/C17H19N7O2S/c18-15-21-13(22-16(19)23-15)9-27-17-20-12-6-2-1-5-11(12)14(25)24(17)8-10-4-3-7-26-10/h1-2,5-6,10H,3-4,7-9H2,(H4,18,19,21,22,23)/t10-/m1/s1. The average molecular weight is 385 g/mol. The number of para-hydroxylation sites is 1. The van der Waals surface area contributed by atoms with Crippen molar-refractivity contribution in [1.29, 1.82) is 0 Å². The van der Waals surface area contributed by atoms with Gasteiger partial charge in [0, 0.05) is 6.61 Å². The number of thioether (sulfide) groups is 1. The third-order valence-corrected chi connectivity index (χ3v) is 5.26. The first-order chi connectivity index (χ1) is 13.1. The van der Waals surface area contributed by atoms with Crippen molar-refractivity contribution in [2.75, 3.05) is 18.1 Å². The van der Waals surface area contributed by atoms with Gasteiger partial charge in [-0.3, -0.25) is 9.36 Å². The van der Waals surface area contributed by atoms with Crippen molar-refractivity contribution >= 4 is 34.6 Å². The zero-order valence-electron chi connectivity index (χ0n) is 14.5. The first kappa shape index (κ1) is 17.7. The number of benzene rings is 1. The molecule has 1 aliphatic rings. The second-order valence-electron chi connectivity index (χ2n) is 6.22. The first-order valence-corrected chi connectivity index (χ1v) is 9.58. The summed E-state index contributed by atoms with van der Waals surface area (Å²) in [5.74, 6) is 0.950. The number of nitrogens with two attached hydrogens (primary N) is 2. The van der Waals surface area contributed by atoms with Crippen LogP contribution in [0.1, 0.15) is 18.7 Å². The summed E-state index contributed by atoms with van der Waals surface area (Å²) in [5, 5.41) is 1.18. The lowest BCUT2D eigenvalue weighted by molar-refractivity contribution is 0.0937. The summed E-state index contributed by atoms with van der Waals surface area (Å²) < 4.78 is 7.39. The fourth-order valence-corrected chi connectivity index (χ4v) is 3.92. The SMILES string of the molecule is Nc1nc(N)nc(CSc2nc3ccccc3c(=O)n2C[C@H]2CCCO2)n1. The van der Waals surface area contributed by atoms with Crippen LogP contribution < -0.4 is 17.0 Å². The number of hydrogen-bond donors (Lipinski definition) is 2. The van der Waals surface area contributed by atoms with Gasteiger partial charge < -0.3 is 16.2 Å². The number of ether oxygens (including phenoxy) is 1. The van der Waals surface area contributed by atoms with Crippen molar-refractivity contribution in [2.45, 2.75) is 36.4 Å². The summed E-state index contributed by atoms with van der Waals surface area (Å²) in [7, 11) is 0. The fourth-order valence-electron chi connectivity index (χ4n) is 3.06. The van der Waals surface area contributed by atoms with E-state index in [9.17, 15) is 4.79 Å². The zero-order chi connectivity index (χ0) is 18.8. The molecule has 0 radical (unpaired) electrons. The molecule has 0 aliphatic carbocycles. The Labute approximate surface area is 159 Å². The van der Waals surface area contributed by atoms with E-state index in [-0.39, 0.29) is 23.6 Å². The molecule has 3 aromatic rings. The van der Waals surface area contributed by atoms with Gasteiger partial charge in [0.05, 0.1) is 29.3 Å². The van der Waals surface area contributed by atoms with Crippen molar-refractivity contribution < 1.29 is 4.74 Å². The quantitative estimate of drug-likeness (QED) is 0.491. The predicted molar refractivity (Wildman–Crippen MR) is 103 cm³/mol. The van der Waals surface area contributed by atoms with Gasteiger partial charge in [0.25, 0.3) is 5.56 Å². The van der Waals surface area contributed by atoms with E-state index in [4.69, 9.17) is 16.2 Å². The second-order valence-corrected chi connectivity index (χ2v) is 7.16. The minimum absolute atomic E-state index is 0.0217. The van der Waals surface area contributed by atoms with Crippen LogP contribution in [0.4, 0.5) is 11.9 Å². The number of anilines is 2. The van der Waals surface area contributed by atoms with Crippen molar-refractivity contribution in [2.24, 2.45) is 0 Å². The Morgan fingerprint density at radius 2 is 1.93 bits per heavy atom. The minimum atomic E-state index is -0.0757. The maximum atomic E-state index is 13.0. The van der Waals surface area contributed by atoms with Crippen molar-refractivity contribution in [1.82, 2.24) is 24.5 Å². The van der Waals surface area contributed by atoms with Gasteiger partial charge in [-0.05, 0) is 25.0 Å². The molecule has 0 amide bonds. The molecule has 0 spiro atoms.